The Morgan fingerprint density at radius 3 is 1.31 bits per heavy atom. The van der Waals surface area contributed by atoms with Crippen molar-refractivity contribution in [1.82, 2.24) is 0 Å². The van der Waals surface area contributed by atoms with Gasteiger partial charge in [0.1, 0.15) is 5.75 Å². The van der Waals surface area contributed by atoms with E-state index in [1.54, 1.807) is 16.7 Å². The first kappa shape index (κ1) is 40.6. The third-order valence-corrected chi connectivity index (χ3v) is 10.7. The molecule has 2 aliphatic rings. The van der Waals surface area contributed by atoms with Gasteiger partial charge in [-0.1, -0.05) is 128 Å². The van der Waals surface area contributed by atoms with Crippen LogP contribution in [0.15, 0.2) is 24.3 Å². The standard InChI is InChI=1S/C24H40.C21H34O3/c1-9-10-18-11-13-19(14-12-18)20-15-21(23(3,4)5)17(2)22(16-20)24(6,7)8;1-8-9-14-12-23-19(24-13-14)15-10-16(20(2,3)4)18(22)17(11-15)21(5,6)7/h15-16,18-19H,9-14H2,1-8H3;10-11,14,19,22H,8-9,12-13H2,1-7H3. The lowest BCUT2D eigenvalue weighted by atomic mass is 9.71. The van der Waals surface area contributed by atoms with Gasteiger partial charge in [0, 0.05) is 11.5 Å². The molecule has 1 N–H and O–H groups in total. The molecular formula is C45H74O3. The first-order valence-electron chi connectivity index (χ1n) is 19.3. The van der Waals surface area contributed by atoms with Gasteiger partial charge in [0.25, 0.3) is 0 Å². The van der Waals surface area contributed by atoms with Gasteiger partial charge < -0.3 is 14.6 Å². The Kier molecular flexibility index (Phi) is 13.5. The van der Waals surface area contributed by atoms with Crippen LogP contribution in [0.2, 0.25) is 0 Å². The molecule has 1 saturated heterocycles. The lowest BCUT2D eigenvalue weighted by molar-refractivity contribution is -0.206. The monoisotopic (exact) mass is 663 g/mol. The highest BCUT2D eigenvalue weighted by Crippen LogP contribution is 2.43. The average Bonchev–Trinajstić information content (AvgIpc) is 2.96. The highest BCUT2D eigenvalue weighted by Gasteiger charge is 2.31. The van der Waals surface area contributed by atoms with Crippen LogP contribution in [-0.2, 0) is 31.1 Å². The molecule has 1 heterocycles. The number of ether oxygens (including phenoxy) is 2. The predicted molar refractivity (Wildman–Crippen MR) is 207 cm³/mol. The van der Waals surface area contributed by atoms with E-state index in [1.165, 1.54) is 44.1 Å². The van der Waals surface area contributed by atoms with Crippen LogP contribution in [0.4, 0.5) is 0 Å². The van der Waals surface area contributed by atoms with E-state index >= 15 is 0 Å². The van der Waals surface area contributed by atoms with Crippen molar-refractivity contribution in [1.29, 1.82) is 0 Å². The Hall–Kier alpha value is -1.84. The van der Waals surface area contributed by atoms with Gasteiger partial charge in [-0.15, -0.1) is 0 Å². The maximum atomic E-state index is 10.8. The zero-order chi connectivity index (χ0) is 36.2. The maximum absolute atomic E-state index is 10.8. The molecule has 1 aliphatic heterocycles. The van der Waals surface area contributed by atoms with E-state index in [1.807, 2.05) is 0 Å². The minimum absolute atomic E-state index is 0.139. The molecule has 0 spiro atoms. The third-order valence-electron chi connectivity index (χ3n) is 10.7. The zero-order valence-electron chi connectivity index (χ0n) is 34.0. The maximum Gasteiger partial charge on any atom is 0.183 e. The highest BCUT2D eigenvalue weighted by molar-refractivity contribution is 5.50. The molecule has 1 saturated carbocycles. The molecule has 3 heteroatoms. The van der Waals surface area contributed by atoms with Crippen LogP contribution in [-0.4, -0.2) is 18.3 Å². The third kappa shape index (κ3) is 10.6. The minimum Gasteiger partial charge on any atom is -0.507 e. The average molecular weight is 663 g/mol. The zero-order valence-corrected chi connectivity index (χ0v) is 34.0. The van der Waals surface area contributed by atoms with Gasteiger partial charge in [-0.25, -0.2) is 0 Å². The normalized spacial score (nSPS) is 22.6. The van der Waals surface area contributed by atoms with Crippen LogP contribution < -0.4 is 0 Å². The number of rotatable bonds is 6. The Morgan fingerprint density at radius 2 is 0.938 bits per heavy atom. The van der Waals surface area contributed by atoms with Crippen LogP contribution in [0.5, 0.6) is 5.75 Å². The molecule has 0 atom stereocenters. The Balaban J connectivity index is 0.000000260. The SMILES string of the molecule is CCCC1CCC(c2cc(C(C)(C)C)c(C)c(C(C)(C)C)c2)CC1.CCCC1COC(c2cc(C(C)(C)C)c(O)c(C(C)(C)C)c2)OC1. The lowest BCUT2D eigenvalue weighted by Gasteiger charge is -2.33. The van der Waals surface area contributed by atoms with Crippen molar-refractivity contribution in [2.24, 2.45) is 11.8 Å². The Morgan fingerprint density at radius 1 is 0.562 bits per heavy atom. The summed E-state index contributed by atoms with van der Waals surface area (Å²) in [5.41, 5.74) is 9.32. The number of phenolic OH excluding ortho intramolecular Hbond substituents is 1. The van der Waals surface area contributed by atoms with Crippen LogP contribution in [0.1, 0.15) is 199 Å². The molecule has 272 valence electrons. The molecule has 0 unspecified atom stereocenters. The summed E-state index contributed by atoms with van der Waals surface area (Å²) in [7, 11) is 0. The van der Waals surface area contributed by atoms with E-state index in [0.717, 1.165) is 54.6 Å². The smallest absolute Gasteiger partial charge is 0.183 e. The van der Waals surface area contributed by atoms with Crippen LogP contribution in [0.3, 0.4) is 0 Å². The minimum atomic E-state index is -0.332. The van der Waals surface area contributed by atoms with Crippen LogP contribution in [0.25, 0.3) is 0 Å². The summed E-state index contributed by atoms with van der Waals surface area (Å²) in [6.07, 6.45) is 10.4. The van der Waals surface area contributed by atoms with Gasteiger partial charge >= 0.3 is 0 Å². The second-order valence-corrected chi connectivity index (χ2v) is 19.4. The topological polar surface area (TPSA) is 38.7 Å². The fraction of sp³-hybridized carbons (Fsp3) is 0.733. The van der Waals surface area contributed by atoms with E-state index < -0.39 is 0 Å². The van der Waals surface area contributed by atoms with Crippen molar-refractivity contribution in [2.45, 2.75) is 189 Å². The van der Waals surface area contributed by atoms with Crippen molar-refractivity contribution >= 4 is 0 Å². The molecule has 0 amide bonds. The van der Waals surface area contributed by atoms with Crippen molar-refractivity contribution in [3.63, 3.8) is 0 Å². The summed E-state index contributed by atoms with van der Waals surface area (Å²) in [5.74, 6) is 2.66. The fourth-order valence-corrected chi connectivity index (χ4v) is 7.97. The van der Waals surface area contributed by atoms with Crippen molar-refractivity contribution < 1.29 is 14.6 Å². The van der Waals surface area contributed by atoms with E-state index in [0.29, 0.717) is 11.7 Å². The van der Waals surface area contributed by atoms with Crippen LogP contribution >= 0.6 is 0 Å². The molecule has 3 nitrogen and oxygen atoms in total. The first-order chi connectivity index (χ1) is 22.1. The molecule has 2 aromatic carbocycles. The van der Waals surface area contributed by atoms with Crippen LogP contribution in [0, 0.1) is 18.8 Å². The second kappa shape index (κ2) is 16.0. The molecule has 4 rings (SSSR count). The van der Waals surface area contributed by atoms with E-state index in [-0.39, 0.29) is 27.9 Å². The fourth-order valence-electron chi connectivity index (χ4n) is 7.97. The van der Waals surface area contributed by atoms with E-state index in [9.17, 15) is 5.11 Å². The summed E-state index contributed by atoms with van der Waals surface area (Å²) in [6, 6.07) is 9.20. The highest BCUT2D eigenvalue weighted by atomic mass is 16.7. The summed E-state index contributed by atoms with van der Waals surface area (Å²) in [4.78, 5) is 0. The van der Waals surface area contributed by atoms with Crippen molar-refractivity contribution in [3.8, 4) is 5.75 Å². The number of hydrogen-bond donors (Lipinski definition) is 1. The summed E-state index contributed by atoms with van der Waals surface area (Å²) < 4.78 is 12.0. The molecule has 1 aliphatic carbocycles. The van der Waals surface area contributed by atoms with Crippen molar-refractivity contribution in [2.75, 3.05) is 13.2 Å². The van der Waals surface area contributed by atoms with Crippen molar-refractivity contribution in [3.05, 3.63) is 63.2 Å². The Bertz CT molecular complexity index is 1130. The number of benzene rings is 2. The van der Waals surface area contributed by atoms with Gasteiger partial charge in [0.15, 0.2) is 6.29 Å². The van der Waals surface area contributed by atoms with E-state index in [2.05, 4.69) is 128 Å². The Labute approximate surface area is 297 Å². The van der Waals surface area contributed by atoms with Gasteiger partial charge in [0.2, 0.25) is 0 Å². The molecule has 0 bridgehead atoms. The molecular weight excluding hydrogens is 588 g/mol. The molecule has 2 aromatic rings. The number of phenols is 1. The lowest BCUT2D eigenvalue weighted by Crippen LogP contribution is -2.28. The molecule has 48 heavy (non-hydrogen) atoms. The summed E-state index contributed by atoms with van der Waals surface area (Å²) in [5, 5.41) is 10.8. The molecule has 0 aromatic heterocycles. The largest absolute Gasteiger partial charge is 0.507 e. The van der Waals surface area contributed by atoms with Gasteiger partial charge in [-0.2, -0.15) is 0 Å². The second-order valence-electron chi connectivity index (χ2n) is 19.4. The summed E-state index contributed by atoms with van der Waals surface area (Å²) in [6.45, 7) is 35.3. The molecule has 2 fully saturated rings. The summed E-state index contributed by atoms with van der Waals surface area (Å²) >= 11 is 0. The quantitative estimate of drug-likeness (QED) is 0.334. The van der Waals surface area contributed by atoms with Gasteiger partial charge in [0.05, 0.1) is 13.2 Å². The number of hydrogen-bond acceptors (Lipinski definition) is 3. The van der Waals surface area contributed by atoms with E-state index in [4.69, 9.17) is 9.47 Å². The first-order valence-corrected chi connectivity index (χ1v) is 19.3. The number of aromatic hydroxyl groups is 1. The van der Waals surface area contributed by atoms with Gasteiger partial charge in [-0.05, 0) is 118 Å². The van der Waals surface area contributed by atoms with Gasteiger partial charge in [-0.3, -0.25) is 0 Å². The molecule has 0 radical (unpaired) electrons. The predicted octanol–water partition coefficient (Wildman–Crippen LogP) is 13.1.